The molecule has 2 heterocycles. The highest BCUT2D eigenvalue weighted by Crippen LogP contribution is 2.50. The molecule has 2 atom stereocenters. The van der Waals surface area contributed by atoms with Crippen LogP contribution in [0.15, 0.2) is 48.5 Å². The highest BCUT2D eigenvalue weighted by Gasteiger charge is 2.42. The van der Waals surface area contributed by atoms with Gasteiger partial charge in [0, 0.05) is 55.9 Å². The van der Waals surface area contributed by atoms with Gasteiger partial charge >= 0.3 is 0 Å². The summed E-state index contributed by atoms with van der Waals surface area (Å²) in [6.45, 7) is 2.71. The summed E-state index contributed by atoms with van der Waals surface area (Å²) in [4.78, 5) is 13.1. The molecule has 2 aliphatic rings. The molecule has 31 heavy (non-hydrogen) atoms. The molecule has 2 unspecified atom stereocenters. The molecule has 0 radical (unpaired) electrons. The Balaban J connectivity index is 1.64. The van der Waals surface area contributed by atoms with E-state index in [1.807, 2.05) is 36.4 Å². The van der Waals surface area contributed by atoms with Crippen molar-refractivity contribution in [2.75, 3.05) is 33.4 Å². The Morgan fingerprint density at radius 3 is 2.45 bits per heavy atom. The third-order valence-electron chi connectivity index (χ3n) is 6.55. The van der Waals surface area contributed by atoms with Crippen LogP contribution in [0.25, 0.3) is 0 Å². The number of nitrogens with two attached hydrogens (primary N) is 1. The van der Waals surface area contributed by atoms with Crippen molar-refractivity contribution in [1.29, 1.82) is 0 Å². The van der Waals surface area contributed by atoms with Gasteiger partial charge in [0.2, 0.25) is 5.91 Å². The normalized spacial score (nSPS) is 21.5. The fourth-order valence-corrected chi connectivity index (χ4v) is 4.94. The Labute approximate surface area is 184 Å². The second-order valence-electron chi connectivity index (χ2n) is 8.70. The van der Waals surface area contributed by atoms with Crippen molar-refractivity contribution in [2.45, 2.75) is 37.1 Å². The SMILES string of the molecule is COCCCCC1(CNC(=O)C2CNCC(N)C2)c2ccccc2Oc2ccccc21. The molecule has 166 valence electrons. The van der Waals surface area contributed by atoms with E-state index in [0.717, 1.165) is 61.5 Å². The van der Waals surface area contributed by atoms with Gasteiger partial charge in [0.25, 0.3) is 0 Å². The van der Waals surface area contributed by atoms with Crippen molar-refractivity contribution in [1.82, 2.24) is 10.6 Å². The zero-order valence-electron chi connectivity index (χ0n) is 18.2. The van der Waals surface area contributed by atoms with E-state index in [1.165, 1.54) is 0 Å². The number of methoxy groups -OCH3 is 1. The maximum atomic E-state index is 13.1. The zero-order chi connectivity index (χ0) is 21.7. The van der Waals surface area contributed by atoms with Crippen LogP contribution in [0.4, 0.5) is 0 Å². The molecule has 0 saturated carbocycles. The summed E-state index contributed by atoms with van der Waals surface area (Å²) in [5.41, 5.74) is 7.99. The minimum absolute atomic E-state index is 0.0250. The number of para-hydroxylation sites is 2. The standard InChI is InChI=1S/C25H33N3O3/c1-30-13-7-6-12-25(17-28-24(29)18-14-19(26)16-27-15-18)20-8-2-4-10-22(20)31-23-11-5-3-9-21(23)25/h2-5,8-11,18-19,27H,6-7,12-17,26H2,1H3,(H,28,29). The highest BCUT2D eigenvalue weighted by molar-refractivity contribution is 5.79. The Morgan fingerprint density at radius 1 is 1.13 bits per heavy atom. The summed E-state index contributed by atoms with van der Waals surface area (Å²) < 4.78 is 11.5. The van der Waals surface area contributed by atoms with E-state index in [1.54, 1.807) is 7.11 Å². The van der Waals surface area contributed by atoms with Crippen molar-refractivity contribution in [3.8, 4) is 11.5 Å². The monoisotopic (exact) mass is 423 g/mol. The van der Waals surface area contributed by atoms with Crippen LogP contribution >= 0.6 is 0 Å². The molecule has 0 spiro atoms. The van der Waals surface area contributed by atoms with Crippen LogP contribution in [0.5, 0.6) is 11.5 Å². The van der Waals surface area contributed by atoms with Gasteiger partial charge in [-0.25, -0.2) is 0 Å². The maximum Gasteiger partial charge on any atom is 0.224 e. The second-order valence-corrected chi connectivity index (χ2v) is 8.70. The second kappa shape index (κ2) is 9.81. The summed E-state index contributed by atoms with van der Waals surface area (Å²) >= 11 is 0. The van der Waals surface area contributed by atoms with Crippen molar-refractivity contribution >= 4 is 5.91 Å². The van der Waals surface area contributed by atoms with E-state index in [2.05, 4.69) is 22.8 Å². The highest BCUT2D eigenvalue weighted by atomic mass is 16.5. The third kappa shape index (κ3) is 4.61. The first-order valence-electron chi connectivity index (χ1n) is 11.2. The molecule has 4 rings (SSSR count). The first kappa shape index (κ1) is 21.8. The number of amides is 1. The predicted octanol–water partition coefficient (Wildman–Crippen LogP) is 2.95. The number of fused-ring (bicyclic) bond motifs is 2. The topological polar surface area (TPSA) is 85.6 Å². The molecular formula is C25H33N3O3. The number of piperidine rings is 1. The molecule has 4 N–H and O–H groups in total. The van der Waals surface area contributed by atoms with E-state index in [9.17, 15) is 4.79 Å². The van der Waals surface area contributed by atoms with Crippen LogP contribution < -0.4 is 21.1 Å². The number of hydrogen-bond acceptors (Lipinski definition) is 5. The molecule has 0 bridgehead atoms. The quantitative estimate of drug-likeness (QED) is 0.569. The lowest BCUT2D eigenvalue weighted by atomic mass is 9.69. The molecule has 0 aromatic heterocycles. The molecular weight excluding hydrogens is 390 g/mol. The van der Waals surface area contributed by atoms with Crippen LogP contribution in [-0.4, -0.2) is 45.3 Å². The number of benzene rings is 2. The molecule has 0 aliphatic carbocycles. The van der Waals surface area contributed by atoms with Gasteiger partial charge in [-0.05, 0) is 37.8 Å². The van der Waals surface area contributed by atoms with E-state index in [4.69, 9.17) is 15.2 Å². The van der Waals surface area contributed by atoms with E-state index in [-0.39, 0.29) is 23.3 Å². The molecule has 2 aromatic rings. The minimum atomic E-state index is -0.348. The van der Waals surface area contributed by atoms with Gasteiger partial charge in [-0.15, -0.1) is 0 Å². The van der Waals surface area contributed by atoms with Crippen molar-refractivity contribution in [3.05, 3.63) is 59.7 Å². The molecule has 2 aliphatic heterocycles. The number of hydrogen-bond donors (Lipinski definition) is 3. The lowest BCUT2D eigenvalue weighted by molar-refractivity contribution is -0.125. The number of carbonyl (C=O) groups excluding carboxylic acids is 1. The summed E-state index contributed by atoms with van der Waals surface area (Å²) in [6.07, 6.45) is 3.58. The largest absolute Gasteiger partial charge is 0.457 e. The summed E-state index contributed by atoms with van der Waals surface area (Å²) in [6, 6.07) is 16.4. The summed E-state index contributed by atoms with van der Waals surface area (Å²) in [5, 5.41) is 6.56. The first-order valence-corrected chi connectivity index (χ1v) is 11.2. The third-order valence-corrected chi connectivity index (χ3v) is 6.55. The molecule has 6 heteroatoms. The lowest BCUT2D eigenvalue weighted by Crippen LogP contribution is -2.51. The van der Waals surface area contributed by atoms with Gasteiger partial charge in [-0.3, -0.25) is 4.79 Å². The van der Waals surface area contributed by atoms with Crippen molar-refractivity contribution < 1.29 is 14.3 Å². The molecule has 2 aromatic carbocycles. The van der Waals surface area contributed by atoms with Gasteiger partial charge in [0.05, 0.1) is 5.92 Å². The number of ether oxygens (including phenoxy) is 2. The number of unbranched alkanes of at least 4 members (excludes halogenated alkanes) is 1. The average Bonchev–Trinajstić information content (AvgIpc) is 2.80. The lowest BCUT2D eigenvalue weighted by Gasteiger charge is -2.41. The van der Waals surface area contributed by atoms with Gasteiger partial charge in [0.1, 0.15) is 11.5 Å². The fourth-order valence-electron chi connectivity index (χ4n) is 4.94. The van der Waals surface area contributed by atoms with Crippen molar-refractivity contribution in [2.24, 2.45) is 11.7 Å². The molecule has 6 nitrogen and oxygen atoms in total. The van der Waals surface area contributed by atoms with Crippen LogP contribution in [0.2, 0.25) is 0 Å². The Bertz CT molecular complexity index is 856. The van der Waals surface area contributed by atoms with Crippen molar-refractivity contribution in [3.63, 3.8) is 0 Å². The van der Waals surface area contributed by atoms with Gasteiger partial charge in [-0.1, -0.05) is 36.4 Å². The van der Waals surface area contributed by atoms with Gasteiger partial charge in [-0.2, -0.15) is 0 Å². The molecule has 1 fully saturated rings. The smallest absolute Gasteiger partial charge is 0.224 e. The molecule has 1 saturated heterocycles. The number of nitrogens with one attached hydrogen (secondary N) is 2. The minimum Gasteiger partial charge on any atom is -0.457 e. The van der Waals surface area contributed by atoms with E-state index < -0.39 is 0 Å². The van der Waals surface area contributed by atoms with Crippen LogP contribution in [0.3, 0.4) is 0 Å². The van der Waals surface area contributed by atoms with Crippen LogP contribution in [0, 0.1) is 5.92 Å². The van der Waals surface area contributed by atoms with Gasteiger partial charge in [0.15, 0.2) is 0 Å². The van der Waals surface area contributed by atoms with E-state index >= 15 is 0 Å². The zero-order valence-corrected chi connectivity index (χ0v) is 18.2. The maximum absolute atomic E-state index is 13.1. The predicted molar refractivity (Wildman–Crippen MR) is 121 cm³/mol. The molecule has 1 amide bonds. The van der Waals surface area contributed by atoms with Crippen LogP contribution in [-0.2, 0) is 14.9 Å². The average molecular weight is 424 g/mol. The summed E-state index contributed by atoms with van der Waals surface area (Å²) in [7, 11) is 1.73. The Kier molecular flexibility index (Phi) is 6.90. The Hall–Kier alpha value is -2.41. The van der Waals surface area contributed by atoms with Crippen LogP contribution in [0.1, 0.15) is 36.8 Å². The Morgan fingerprint density at radius 2 is 1.81 bits per heavy atom. The first-order chi connectivity index (χ1) is 15.1. The van der Waals surface area contributed by atoms with E-state index in [0.29, 0.717) is 13.1 Å². The summed E-state index contributed by atoms with van der Waals surface area (Å²) in [5.74, 6) is 1.70. The number of carbonyl (C=O) groups is 1. The fraction of sp³-hybridized carbons (Fsp3) is 0.480. The number of rotatable bonds is 8. The van der Waals surface area contributed by atoms with Gasteiger partial charge < -0.3 is 25.8 Å².